The number of hydrogen-bond acceptors (Lipinski definition) is 4. The molecule has 1 aliphatic carbocycles. The highest BCUT2D eigenvalue weighted by Crippen LogP contribution is 2.36. The van der Waals surface area contributed by atoms with Crippen molar-refractivity contribution in [3.05, 3.63) is 11.7 Å². The second-order valence-electron chi connectivity index (χ2n) is 6.13. The molecule has 3 rings (SSSR count). The second kappa shape index (κ2) is 6.04. The third kappa shape index (κ3) is 2.99. The van der Waals surface area contributed by atoms with Crippen molar-refractivity contribution >= 4 is 0 Å². The number of aromatic nitrogens is 2. The summed E-state index contributed by atoms with van der Waals surface area (Å²) in [7, 11) is 0. The van der Waals surface area contributed by atoms with Gasteiger partial charge in [0, 0.05) is 5.92 Å². The van der Waals surface area contributed by atoms with Gasteiger partial charge in [-0.25, -0.2) is 0 Å². The molecule has 3 unspecified atom stereocenters. The minimum atomic E-state index is 0.292. The van der Waals surface area contributed by atoms with Gasteiger partial charge in [0.2, 0.25) is 5.89 Å². The summed E-state index contributed by atoms with van der Waals surface area (Å²) in [6.07, 6.45) is 10.1. The monoisotopic (exact) mass is 263 g/mol. The van der Waals surface area contributed by atoms with Crippen LogP contribution in [0.25, 0.3) is 0 Å². The van der Waals surface area contributed by atoms with Crippen LogP contribution in [0.5, 0.6) is 0 Å². The fraction of sp³-hybridized carbons (Fsp3) is 0.867. The third-order valence-corrected chi connectivity index (χ3v) is 4.79. The van der Waals surface area contributed by atoms with Crippen LogP contribution in [0.15, 0.2) is 4.52 Å². The van der Waals surface area contributed by atoms with Gasteiger partial charge < -0.3 is 9.84 Å². The Hall–Kier alpha value is -0.900. The van der Waals surface area contributed by atoms with E-state index in [9.17, 15) is 0 Å². The molecule has 1 N–H and O–H groups in total. The standard InChI is InChI=1S/C15H25N3O/c1-2-11-6-5-7-12(10-11)14-17-15(19-18-14)13-8-3-4-9-16-13/h11-13,16H,2-10H2,1H3. The summed E-state index contributed by atoms with van der Waals surface area (Å²) < 4.78 is 5.50. The van der Waals surface area contributed by atoms with Gasteiger partial charge in [0.15, 0.2) is 5.82 Å². The maximum atomic E-state index is 5.50. The van der Waals surface area contributed by atoms with Gasteiger partial charge >= 0.3 is 0 Å². The van der Waals surface area contributed by atoms with Crippen LogP contribution in [-0.2, 0) is 0 Å². The first-order chi connectivity index (χ1) is 9.36. The lowest BCUT2D eigenvalue weighted by Gasteiger charge is -2.26. The van der Waals surface area contributed by atoms with E-state index in [1.807, 2.05) is 0 Å². The second-order valence-corrected chi connectivity index (χ2v) is 6.13. The highest BCUT2D eigenvalue weighted by molar-refractivity contribution is 5.01. The van der Waals surface area contributed by atoms with E-state index in [0.29, 0.717) is 12.0 Å². The minimum absolute atomic E-state index is 0.292. The molecule has 1 saturated heterocycles. The zero-order valence-corrected chi connectivity index (χ0v) is 11.9. The van der Waals surface area contributed by atoms with E-state index in [-0.39, 0.29) is 0 Å². The number of nitrogens with zero attached hydrogens (tertiary/aromatic N) is 2. The smallest absolute Gasteiger partial charge is 0.243 e. The Bertz CT molecular complexity index is 398. The first kappa shape index (κ1) is 13.1. The fourth-order valence-electron chi connectivity index (χ4n) is 3.51. The van der Waals surface area contributed by atoms with Gasteiger partial charge in [-0.3, -0.25) is 0 Å². The molecule has 2 fully saturated rings. The summed E-state index contributed by atoms with van der Waals surface area (Å²) in [6.45, 7) is 3.37. The average Bonchev–Trinajstić information content (AvgIpc) is 2.98. The Morgan fingerprint density at radius 1 is 1.21 bits per heavy atom. The van der Waals surface area contributed by atoms with Crippen molar-refractivity contribution < 1.29 is 4.52 Å². The van der Waals surface area contributed by atoms with Crippen LogP contribution < -0.4 is 5.32 Å². The Morgan fingerprint density at radius 3 is 2.95 bits per heavy atom. The Kier molecular flexibility index (Phi) is 4.16. The summed E-state index contributed by atoms with van der Waals surface area (Å²) in [4.78, 5) is 4.69. The summed E-state index contributed by atoms with van der Waals surface area (Å²) in [5.74, 6) is 3.15. The van der Waals surface area contributed by atoms with Crippen molar-refractivity contribution in [2.45, 2.75) is 70.3 Å². The molecule has 1 aromatic heterocycles. The molecular formula is C15H25N3O. The molecule has 19 heavy (non-hydrogen) atoms. The lowest BCUT2D eigenvalue weighted by atomic mass is 9.80. The van der Waals surface area contributed by atoms with Crippen LogP contribution in [0, 0.1) is 5.92 Å². The third-order valence-electron chi connectivity index (χ3n) is 4.79. The van der Waals surface area contributed by atoms with E-state index in [1.165, 1.54) is 44.9 Å². The van der Waals surface area contributed by atoms with Crippen molar-refractivity contribution in [2.24, 2.45) is 5.92 Å². The van der Waals surface area contributed by atoms with Crippen molar-refractivity contribution in [1.82, 2.24) is 15.5 Å². The number of piperidine rings is 1. The summed E-state index contributed by atoms with van der Waals surface area (Å²) in [6, 6.07) is 0.292. The predicted octanol–water partition coefficient (Wildman–Crippen LogP) is 3.57. The van der Waals surface area contributed by atoms with Crippen LogP contribution in [0.3, 0.4) is 0 Å². The molecule has 4 heteroatoms. The lowest BCUT2D eigenvalue weighted by Crippen LogP contribution is -2.27. The van der Waals surface area contributed by atoms with Gasteiger partial charge in [0.05, 0.1) is 6.04 Å². The molecule has 0 radical (unpaired) electrons. The predicted molar refractivity (Wildman–Crippen MR) is 73.9 cm³/mol. The minimum Gasteiger partial charge on any atom is -0.338 e. The number of rotatable bonds is 3. The van der Waals surface area contributed by atoms with Crippen LogP contribution in [-0.4, -0.2) is 16.7 Å². The van der Waals surface area contributed by atoms with Gasteiger partial charge in [-0.2, -0.15) is 4.98 Å². The molecule has 0 bridgehead atoms. The Morgan fingerprint density at radius 2 is 2.16 bits per heavy atom. The zero-order chi connectivity index (χ0) is 13.1. The van der Waals surface area contributed by atoms with E-state index in [4.69, 9.17) is 4.52 Å². The maximum Gasteiger partial charge on any atom is 0.243 e. The van der Waals surface area contributed by atoms with Gasteiger partial charge in [0.1, 0.15) is 0 Å². The van der Waals surface area contributed by atoms with Gasteiger partial charge in [-0.05, 0) is 38.1 Å². The molecule has 1 aliphatic heterocycles. The summed E-state index contributed by atoms with van der Waals surface area (Å²) in [5.41, 5.74) is 0. The molecule has 106 valence electrons. The SMILES string of the molecule is CCC1CCCC(c2noc(C3CCCCN3)n2)C1. The Labute approximate surface area is 115 Å². The lowest BCUT2D eigenvalue weighted by molar-refractivity contribution is 0.284. The first-order valence-electron chi connectivity index (χ1n) is 7.93. The van der Waals surface area contributed by atoms with Crippen molar-refractivity contribution in [1.29, 1.82) is 0 Å². The number of hydrogen-bond donors (Lipinski definition) is 1. The zero-order valence-electron chi connectivity index (χ0n) is 11.9. The molecule has 0 spiro atoms. The van der Waals surface area contributed by atoms with E-state index >= 15 is 0 Å². The highest BCUT2D eigenvalue weighted by atomic mass is 16.5. The van der Waals surface area contributed by atoms with Gasteiger partial charge in [-0.15, -0.1) is 0 Å². The molecule has 2 heterocycles. The van der Waals surface area contributed by atoms with E-state index < -0.39 is 0 Å². The molecule has 1 saturated carbocycles. The Balaban J connectivity index is 1.66. The summed E-state index contributed by atoms with van der Waals surface area (Å²) in [5, 5.41) is 7.73. The molecule has 4 nitrogen and oxygen atoms in total. The van der Waals surface area contributed by atoms with Crippen LogP contribution in [0.4, 0.5) is 0 Å². The van der Waals surface area contributed by atoms with Crippen LogP contribution in [0.2, 0.25) is 0 Å². The topological polar surface area (TPSA) is 51.0 Å². The number of nitrogens with one attached hydrogen (secondary N) is 1. The van der Waals surface area contributed by atoms with Crippen molar-refractivity contribution in [3.8, 4) is 0 Å². The molecule has 0 aromatic carbocycles. The molecule has 1 aromatic rings. The summed E-state index contributed by atoms with van der Waals surface area (Å²) >= 11 is 0. The van der Waals surface area contributed by atoms with E-state index in [2.05, 4.69) is 22.4 Å². The normalized spacial score (nSPS) is 32.4. The largest absolute Gasteiger partial charge is 0.338 e. The molecule has 3 atom stereocenters. The fourth-order valence-corrected chi connectivity index (χ4v) is 3.51. The quantitative estimate of drug-likeness (QED) is 0.905. The van der Waals surface area contributed by atoms with E-state index in [0.717, 1.165) is 30.6 Å². The maximum absolute atomic E-state index is 5.50. The first-order valence-corrected chi connectivity index (χ1v) is 7.93. The van der Waals surface area contributed by atoms with Crippen molar-refractivity contribution in [2.75, 3.05) is 6.54 Å². The van der Waals surface area contributed by atoms with Gasteiger partial charge in [0.25, 0.3) is 0 Å². The molecule has 2 aliphatic rings. The average molecular weight is 263 g/mol. The van der Waals surface area contributed by atoms with Crippen LogP contribution >= 0.6 is 0 Å². The highest BCUT2D eigenvalue weighted by Gasteiger charge is 2.28. The molecular weight excluding hydrogens is 238 g/mol. The van der Waals surface area contributed by atoms with Crippen LogP contribution in [0.1, 0.15) is 82.0 Å². The van der Waals surface area contributed by atoms with Gasteiger partial charge in [-0.1, -0.05) is 37.8 Å². The molecule has 0 amide bonds. The van der Waals surface area contributed by atoms with E-state index in [1.54, 1.807) is 0 Å². The van der Waals surface area contributed by atoms with Crippen molar-refractivity contribution in [3.63, 3.8) is 0 Å².